The summed E-state index contributed by atoms with van der Waals surface area (Å²) in [7, 11) is 0.277. The minimum absolute atomic E-state index is 0.277. The molecule has 2 saturated heterocycles. The van der Waals surface area contributed by atoms with Crippen molar-refractivity contribution < 1.29 is 4.74 Å². The van der Waals surface area contributed by atoms with Gasteiger partial charge in [0.1, 0.15) is 5.85 Å². The fourth-order valence-electron chi connectivity index (χ4n) is 1.48. The van der Waals surface area contributed by atoms with E-state index in [1.807, 2.05) is 0 Å². The van der Waals surface area contributed by atoms with E-state index in [4.69, 9.17) is 4.74 Å². The second-order valence-corrected chi connectivity index (χ2v) is 5.44. The van der Waals surface area contributed by atoms with Crippen LogP contribution in [0.25, 0.3) is 0 Å². The molecule has 0 radical (unpaired) electrons. The molecule has 3 atom stereocenters. The van der Waals surface area contributed by atoms with Crippen LogP contribution in [0.15, 0.2) is 0 Å². The SMILES string of the molecule is CP1CCC2(C)OC12. The summed E-state index contributed by atoms with van der Waals surface area (Å²) < 4.78 is 5.48. The molecule has 46 valence electrons. The van der Waals surface area contributed by atoms with Gasteiger partial charge in [0.15, 0.2) is 0 Å². The van der Waals surface area contributed by atoms with Gasteiger partial charge in [0.05, 0.1) is 5.60 Å². The molecule has 0 saturated carbocycles. The van der Waals surface area contributed by atoms with Gasteiger partial charge in [-0.2, -0.15) is 0 Å². The largest absolute Gasteiger partial charge is 0.362 e. The summed E-state index contributed by atoms with van der Waals surface area (Å²) in [6.07, 6.45) is 2.76. The Morgan fingerprint density at radius 3 is 2.62 bits per heavy atom. The maximum Gasteiger partial charge on any atom is 0.106 e. The molecule has 3 unspecified atom stereocenters. The van der Waals surface area contributed by atoms with E-state index in [9.17, 15) is 0 Å². The second kappa shape index (κ2) is 1.27. The van der Waals surface area contributed by atoms with E-state index >= 15 is 0 Å². The lowest BCUT2D eigenvalue weighted by molar-refractivity contribution is 0.309. The molecule has 2 aliphatic heterocycles. The Labute approximate surface area is 51.2 Å². The standard InChI is InChI=1S/C6H11OP/c1-6-3-4-8(2)5(6)7-6/h5H,3-4H2,1-2H3. The summed E-state index contributed by atoms with van der Waals surface area (Å²) in [5, 5.41) is 0. The average Bonchev–Trinajstić information content (AvgIpc) is 2.32. The van der Waals surface area contributed by atoms with Crippen molar-refractivity contribution in [2.24, 2.45) is 0 Å². The average molecular weight is 130 g/mol. The van der Waals surface area contributed by atoms with Crippen LogP contribution < -0.4 is 0 Å². The summed E-state index contributed by atoms with van der Waals surface area (Å²) in [4.78, 5) is 0. The molecule has 0 aromatic rings. The Kier molecular flexibility index (Phi) is 0.828. The van der Waals surface area contributed by atoms with Gasteiger partial charge in [-0.05, 0) is 26.2 Å². The first-order valence-corrected chi connectivity index (χ1v) is 5.15. The van der Waals surface area contributed by atoms with Gasteiger partial charge in [0.2, 0.25) is 0 Å². The molecule has 0 aromatic heterocycles. The lowest BCUT2D eigenvalue weighted by Gasteiger charge is -1.99. The smallest absolute Gasteiger partial charge is 0.106 e. The zero-order valence-electron chi connectivity index (χ0n) is 5.35. The Bertz CT molecular complexity index is 126. The number of ether oxygens (including phenoxy) is 1. The van der Waals surface area contributed by atoms with Crippen LogP contribution in [0.2, 0.25) is 0 Å². The summed E-state index contributed by atoms with van der Waals surface area (Å²) in [5.41, 5.74) is 0.362. The van der Waals surface area contributed by atoms with E-state index in [1.54, 1.807) is 0 Å². The molecule has 0 spiro atoms. The first kappa shape index (κ1) is 5.20. The van der Waals surface area contributed by atoms with Gasteiger partial charge in [0, 0.05) is 0 Å². The quantitative estimate of drug-likeness (QED) is 0.358. The lowest BCUT2D eigenvalue weighted by atomic mass is 10.1. The van der Waals surface area contributed by atoms with Crippen LogP contribution >= 0.6 is 7.92 Å². The maximum absolute atomic E-state index is 5.48. The number of hydrogen-bond donors (Lipinski definition) is 0. The number of hydrogen-bond acceptors (Lipinski definition) is 1. The van der Waals surface area contributed by atoms with Crippen molar-refractivity contribution in [2.75, 3.05) is 12.8 Å². The molecular weight excluding hydrogens is 119 g/mol. The topological polar surface area (TPSA) is 12.5 Å². The van der Waals surface area contributed by atoms with Gasteiger partial charge in [-0.3, -0.25) is 0 Å². The zero-order chi connectivity index (χ0) is 5.78. The molecule has 1 nitrogen and oxygen atoms in total. The minimum atomic E-state index is 0.277. The Hall–Kier alpha value is 0.390. The van der Waals surface area contributed by atoms with E-state index in [1.165, 1.54) is 12.6 Å². The van der Waals surface area contributed by atoms with Gasteiger partial charge >= 0.3 is 0 Å². The normalized spacial score (nSPS) is 60.8. The van der Waals surface area contributed by atoms with Crippen molar-refractivity contribution in [3.63, 3.8) is 0 Å². The second-order valence-electron chi connectivity index (χ2n) is 3.01. The van der Waals surface area contributed by atoms with E-state index in [0.29, 0.717) is 11.4 Å². The molecule has 2 heteroatoms. The first-order chi connectivity index (χ1) is 3.72. The third kappa shape index (κ3) is 0.494. The summed E-state index contributed by atoms with van der Waals surface area (Å²) in [6, 6.07) is 0. The van der Waals surface area contributed by atoms with Crippen LogP contribution in [-0.2, 0) is 4.74 Å². The molecule has 2 rings (SSSR count). The van der Waals surface area contributed by atoms with Crippen LogP contribution in [-0.4, -0.2) is 24.3 Å². The molecular formula is C6H11OP. The molecule has 2 fully saturated rings. The third-order valence-electron chi connectivity index (χ3n) is 2.21. The van der Waals surface area contributed by atoms with Crippen molar-refractivity contribution in [3.05, 3.63) is 0 Å². The van der Waals surface area contributed by atoms with Crippen molar-refractivity contribution in [1.29, 1.82) is 0 Å². The van der Waals surface area contributed by atoms with Crippen LogP contribution in [0.1, 0.15) is 13.3 Å². The van der Waals surface area contributed by atoms with E-state index in [-0.39, 0.29) is 7.92 Å². The predicted molar refractivity (Wildman–Crippen MR) is 35.6 cm³/mol. The summed E-state index contributed by atoms with van der Waals surface area (Å²) in [5.74, 6) is 0.692. The van der Waals surface area contributed by atoms with Gasteiger partial charge < -0.3 is 4.74 Å². The van der Waals surface area contributed by atoms with Crippen LogP contribution in [0.5, 0.6) is 0 Å². The van der Waals surface area contributed by atoms with Crippen molar-refractivity contribution in [1.82, 2.24) is 0 Å². The van der Waals surface area contributed by atoms with Gasteiger partial charge in [-0.25, -0.2) is 0 Å². The van der Waals surface area contributed by atoms with E-state index in [2.05, 4.69) is 13.6 Å². The molecule has 8 heavy (non-hydrogen) atoms. The first-order valence-electron chi connectivity index (χ1n) is 3.10. The number of rotatable bonds is 0. The molecule has 2 heterocycles. The van der Waals surface area contributed by atoms with Gasteiger partial charge in [0.25, 0.3) is 0 Å². The lowest BCUT2D eigenvalue weighted by Crippen LogP contribution is -2.00. The highest BCUT2D eigenvalue weighted by molar-refractivity contribution is 7.58. The highest BCUT2D eigenvalue weighted by Gasteiger charge is 2.58. The highest BCUT2D eigenvalue weighted by Crippen LogP contribution is 2.64. The zero-order valence-corrected chi connectivity index (χ0v) is 6.24. The summed E-state index contributed by atoms with van der Waals surface area (Å²) in [6.45, 7) is 4.59. The summed E-state index contributed by atoms with van der Waals surface area (Å²) >= 11 is 0. The fraction of sp³-hybridized carbons (Fsp3) is 1.00. The minimum Gasteiger partial charge on any atom is -0.362 e. The van der Waals surface area contributed by atoms with Crippen LogP contribution in [0.3, 0.4) is 0 Å². The molecule has 0 bridgehead atoms. The third-order valence-corrected chi connectivity index (χ3v) is 4.59. The molecule has 0 aromatic carbocycles. The predicted octanol–water partition coefficient (Wildman–Crippen LogP) is 1.62. The molecule has 0 aliphatic carbocycles. The van der Waals surface area contributed by atoms with Gasteiger partial charge in [-0.15, -0.1) is 0 Å². The Balaban J connectivity index is 2.15. The van der Waals surface area contributed by atoms with E-state index in [0.717, 1.165) is 0 Å². The fourth-order valence-corrected chi connectivity index (χ4v) is 3.99. The monoisotopic (exact) mass is 130 g/mol. The van der Waals surface area contributed by atoms with Crippen molar-refractivity contribution >= 4 is 7.92 Å². The van der Waals surface area contributed by atoms with Crippen molar-refractivity contribution in [3.8, 4) is 0 Å². The highest BCUT2D eigenvalue weighted by atomic mass is 31.1. The molecule has 0 N–H and O–H groups in total. The van der Waals surface area contributed by atoms with E-state index < -0.39 is 0 Å². The van der Waals surface area contributed by atoms with Gasteiger partial charge in [-0.1, -0.05) is 7.92 Å². The molecule has 0 amide bonds. The Morgan fingerprint density at radius 2 is 2.50 bits per heavy atom. The number of fused-ring (bicyclic) bond motifs is 1. The van der Waals surface area contributed by atoms with Crippen molar-refractivity contribution in [2.45, 2.75) is 24.8 Å². The van der Waals surface area contributed by atoms with Crippen LogP contribution in [0, 0.1) is 0 Å². The molecule has 2 aliphatic rings. The van der Waals surface area contributed by atoms with Crippen LogP contribution in [0.4, 0.5) is 0 Å². The maximum atomic E-state index is 5.48. The Morgan fingerprint density at radius 1 is 1.75 bits per heavy atom. The number of epoxide rings is 1.